The number of hydrogen-bond donors (Lipinski definition) is 0. The van der Waals surface area contributed by atoms with Crippen LogP contribution in [0.4, 0.5) is 0 Å². The van der Waals surface area contributed by atoms with Crippen LogP contribution >= 0.6 is 0 Å². The predicted octanol–water partition coefficient (Wildman–Crippen LogP) is 4.96. The molecule has 0 spiro atoms. The molecule has 0 aliphatic heterocycles. The second kappa shape index (κ2) is 9.41. The van der Waals surface area contributed by atoms with Crippen LogP contribution < -0.4 is 0 Å². The van der Waals surface area contributed by atoms with E-state index in [9.17, 15) is 4.79 Å². The van der Waals surface area contributed by atoms with Crippen molar-refractivity contribution in [1.82, 2.24) is 0 Å². The van der Waals surface area contributed by atoms with Gasteiger partial charge in [0.05, 0.1) is 13.0 Å². The highest BCUT2D eigenvalue weighted by molar-refractivity contribution is 5.72. The molecule has 2 nitrogen and oxygen atoms in total. The molecule has 0 N–H and O–H groups in total. The van der Waals surface area contributed by atoms with Gasteiger partial charge in [0.15, 0.2) is 0 Å². The third-order valence-corrected chi connectivity index (χ3v) is 4.15. The average molecular weight is 256 g/mol. The second-order valence-electron chi connectivity index (χ2n) is 6.10. The lowest BCUT2D eigenvalue weighted by Crippen LogP contribution is -2.29. The number of ether oxygens (including phenoxy) is 1. The van der Waals surface area contributed by atoms with Gasteiger partial charge in [0.25, 0.3) is 0 Å². The summed E-state index contributed by atoms with van der Waals surface area (Å²) in [6.07, 6.45) is 10.4. The van der Waals surface area contributed by atoms with Crippen molar-refractivity contribution >= 4 is 5.97 Å². The standard InChI is InChI=1S/C16H32O2/c1-6-7-8-9-10-11-12-13-16(3,4)14(2)15(17)18-5/h14H,6-13H2,1-5H3. The number of carbonyl (C=O) groups excluding carboxylic acids is 1. The van der Waals surface area contributed by atoms with Crippen LogP contribution in [0.5, 0.6) is 0 Å². The van der Waals surface area contributed by atoms with E-state index in [1.807, 2.05) is 6.92 Å². The Morgan fingerprint density at radius 3 is 2.06 bits per heavy atom. The summed E-state index contributed by atoms with van der Waals surface area (Å²) in [5, 5.41) is 0. The molecule has 0 aliphatic carbocycles. The Morgan fingerprint density at radius 2 is 1.56 bits per heavy atom. The molecule has 0 heterocycles. The van der Waals surface area contributed by atoms with Gasteiger partial charge in [-0.1, -0.05) is 72.6 Å². The van der Waals surface area contributed by atoms with E-state index in [0.717, 1.165) is 6.42 Å². The van der Waals surface area contributed by atoms with Gasteiger partial charge in [-0.2, -0.15) is 0 Å². The Bertz CT molecular complexity index is 221. The highest BCUT2D eigenvalue weighted by Crippen LogP contribution is 2.33. The summed E-state index contributed by atoms with van der Waals surface area (Å²) < 4.78 is 4.83. The van der Waals surface area contributed by atoms with Gasteiger partial charge >= 0.3 is 5.97 Å². The Morgan fingerprint density at radius 1 is 1.06 bits per heavy atom. The summed E-state index contributed by atoms with van der Waals surface area (Å²) in [7, 11) is 1.47. The first-order chi connectivity index (χ1) is 8.45. The minimum Gasteiger partial charge on any atom is -0.469 e. The Hall–Kier alpha value is -0.530. The topological polar surface area (TPSA) is 26.3 Å². The van der Waals surface area contributed by atoms with Crippen LogP contribution in [0.15, 0.2) is 0 Å². The SMILES string of the molecule is CCCCCCCCCC(C)(C)C(C)C(=O)OC. The molecule has 0 rings (SSSR count). The summed E-state index contributed by atoms with van der Waals surface area (Å²) in [4.78, 5) is 11.5. The lowest BCUT2D eigenvalue weighted by atomic mass is 9.76. The number of methoxy groups -OCH3 is 1. The van der Waals surface area contributed by atoms with Crippen LogP contribution in [0.3, 0.4) is 0 Å². The lowest BCUT2D eigenvalue weighted by molar-refractivity contribution is -0.149. The van der Waals surface area contributed by atoms with Gasteiger partial charge in [0.2, 0.25) is 0 Å². The molecule has 0 aromatic heterocycles. The lowest BCUT2D eigenvalue weighted by Gasteiger charge is -2.29. The summed E-state index contributed by atoms with van der Waals surface area (Å²) in [5.74, 6) is -0.0921. The van der Waals surface area contributed by atoms with Gasteiger partial charge in [-0.3, -0.25) is 4.79 Å². The molecular weight excluding hydrogens is 224 g/mol. The maximum Gasteiger partial charge on any atom is 0.308 e. The zero-order chi connectivity index (χ0) is 14.0. The molecule has 0 fully saturated rings. The van der Waals surface area contributed by atoms with Crippen LogP contribution in [-0.2, 0) is 9.53 Å². The normalized spacial score (nSPS) is 13.4. The van der Waals surface area contributed by atoms with Crippen molar-refractivity contribution < 1.29 is 9.53 Å². The van der Waals surface area contributed by atoms with Crippen LogP contribution in [-0.4, -0.2) is 13.1 Å². The molecule has 18 heavy (non-hydrogen) atoms. The van der Waals surface area contributed by atoms with E-state index >= 15 is 0 Å². The molecule has 0 bridgehead atoms. The fourth-order valence-electron chi connectivity index (χ4n) is 2.25. The quantitative estimate of drug-likeness (QED) is 0.408. The Balaban J connectivity index is 3.73. The minimum absolute atomic E-state index is 0.0115. The van der Waals surface area contributed by atoms with Crippen molar-refractivity contribution in [3.8, 4) is 0 Å². The molecule has 0 aromatic rings. The highest BCUT2D eigenvalue weighted by Gasteiger charge is 2.31. The Labute approximate surface area is 113 Å². The molecule has 1 atom stereocenters. The minimum atomic E-state index is -0.0806. The van der Waals surface area contributed by atoms with E-state index in [-0.39, 0.29) is 17.3 Å². The molecule has 0 amide bonds. The molecule has 0 radical (unpaired) electrons. The predicted molar refractivity (Wildman–Crippen MR) is 77.6 cm³/mol. The number of hydrogen-bond acceptors (Lipinski definition) is 2. The van der Waals surface area contributed by atoms with Crippen LogP contribution in [0.25, 0.3) is 0 Å². The van der Waals surface area contributed by atoms with Crippen molar-refractivity contribution in [2.75, 3.05) is 7.11 Å². The van der Waals surface area contributed by atoms with Gasteiger partial charge in [0, 0.05) is 0 Å². The van der Waals surface area contributed by atoms with Crippen molar-refractivity contribution in [3.05, 3.63) is 0 Å². The van der Waals surface area contributed by atoms with Gasteiger partial charge in [0.1, 0.15) is 0 Å². The molecule has 1 unspecified atom stereocenters. The van der Waals surface area contributed by atoms with Crippen molar-refractivity contribution in [1.29, 1.82) is 0 Å². The van der Waals surface area contributed by atoms with Crippen molar-refractivity contribution in [3.63, 3.8) is 0 Å². The molecule has 0 saturated carbocycles. The molecule has 0 aliphatic rings. The van der Waals surface area contributed by atoms with Gasteiger partial charge in [-0.05, 0) is 11.8 Å². The third-order valence-electron chi connectivity index (χ3n) is 4.15. The van der Waals surface area contributed by atoms with E-state index in [4.69, 9.17) is 4.74 Å². The highest BCUT2D eigenvalue weighted by atomic mass is 16.5. The maximum atomic E-state index is 11.5. The van der Waals surface area contributed by atoms with Crippen LogP contribution in [0.2, 0.25) is 0 Å². The Kier molecular flexibility index (Phi) is 9.13. The van der Waals surface area contributed by atoms with Gasteiger partial charge in [-0.15, -0.1) is 0 Å². The fourth-order valence-corrected chi connectivity index (χ4v) is 2.25. The van der Waals surface area contributed by atoms with Crippen LogP contribution in [0, 0.1) is 11.3 Å². The second-order valence-corrected chi connectivity index (χ2v) is 6.10. The largest absolute Gasteiger partial charge is 0.469 e. The van der Waals surface area contributed by atoms with Gasteiger partial charge in [-0.25, -0.2) is 0 Å². The average Bonchev–Trinajstić information content (AvgIpc) is 2.35. The monoisotopic (exact) mass is 256 g/mol. The molecule has 108 valence electrons. The van der Waals surface area contributed by atoms with Gasteiger partial charge < -0.3 is 4.74 Å². The molecule has 0 aromatic carbocycles. The third kappa shape index (κ3) is 7.03. The summed E-state index contributed by atoms with van der Waals surface area (Å²) in [5.41, 5.74) is 0.0521. The number of rotatable bonds is 10. The first-order valence-electron chi connectivity index (χ1n) is 7.53. The smallest absolute Gasteiger partial charge is 0.308 e. The number of esters is 1. The van der Waals surface area contributed by atoms with E-state index in [1.54, 1.807) is 0 Å². The van der Waals surface area contributed by atoms with Crippen molar-refractivity contribution in [2.24, 2.45) is 11.3 Å². The first kappa shape index (κ1) is 17.5. The number of unbranched alkanes of at least 4 members (excludes halogenated alkanes) is 6. The summed E-state index contributed by atoms with van der Waals surface area (Å²) >= 11 is 0. The van der Waals surface area contributed by atoms with E-state index in [1.165, 1.54) is 52.1 Å². The summed E-state index contributed by atoms with van der Waals surface area (Å²) in [6.45, 7) is 8.57. The zero-order valence-electron chi connectivity index (χ0n) is 13.1. The molecule has 2 heteroatoms. The zero-order valence-corrected chi connectivity index (χ0v) is 13.1. The number of carbonyl (C=O) groups is 1. The summed E-state index contributed by atoms with van der Waals surface area (Å²) in [6, 6.07) is 0. The first-order valence-corrected chi connectivity index (χ1v) is 7.53. The van der Waals surface area contributed by atoms with E-state index < -0.39 is 0 Å². The maximum absolute atomic E-state index is 11.5. The fraction of sp³-hybridized carbons (Fsp3) is 0.938. The van der Waals surface area contributed by atoms with E-state index in [0.29, 0.717) is 0 Å². The molecular formula is C16H32O2. The molecule has 0 saturated heterocycles. The van der Waals surface area contributed by atoms with Crippen LogP contribution in [0.1, 0.15) is 79.1 Å². The van der Waals surface area contributed by atoms with Crippen molar-refractivity contribution in [2.45, 2.75) is 79.1 Å². The van der Waals surface area contributed by atoms with E-state index in [2.05, 4.69) is 20.8 Å².